The third kappa shape index (κ3) is 3.74. The number of amides is 2. The Labute approximate surface area is 112 Å². The van der Waals surface area contributed by atoms with Gasteiger partial charge in [0.05, 0.1) is 0 Å². The number of aryl methyl sites for hydroxylation is 1. The van der Waals surface area contributed by atoms with Crippen LogP contribution in [0.4, 0.5) is 5.69 Å². The minimum absolute atomic E-state index is 0.0946. The van der Waals surface area contributed by atoms with Crippen LogP contribution in [-0.4, -0.2) is 36.7 Å². The summed E-state index contributed by atoms with van der Waals surface area (Å²) in [5.74, 6) is 0.0340. The summed E-state index contributed by atoms with van der Waals surface area (Å²) in [5.41, 5.74) is 2.11. The summed E-state index contributed by atoms with van der Waals surface area (Å²) in [6.07, 6.45) is 0.257. The number of hydrogen-bond donors (Lipinski definition) is 1. The van der Waals surface area contributed by atoms with Crippen molar-refractivity contribution in [3.8, 4) is 0 Å². The van der Waals surface area contributed by atoms with Crippen molar-refractivity contribution in [1.82, 2.24) is 4.90 Å². The fraction of sp³-hybridized carbons (Fsp3) is 0.385. The second-order valence-corrected chi connectivity index (χ2v) is 4.59. The second-order valence-electron chi connectivity index (χ2n) is 4.22. The van der Waals surface area contributed by atoms with Gasteiger partial charge < -0.3 is 10.2 Å². The van der Waals surface area contributed by atoms with E-state index in [0.717, 1.165) is 5.56 Å². The van der Waals surface area contributed by atoms with Gasteiger partial charge in [-0.05, 0) is 24.6 Å². The number of rotatable bonds is 4. The van der Waals surface area contributed by atoms with Crippen LogP contribution < -0.4 is 5.32 Å². The van der Waals surface area contributed by atoms with E-state index in [9.17, 15) is 9.59 Å². The molecule has 1 rings (SSSR count). The Balaban J connectivity index is 2.94. The average molecular weight is 269 g/mol. The van der Waals surface area contributed by atoms with Crippen LogP contribution in [0.1, 0.15) is 22.3 Å². The smallest absolute Gasteiger partial charge is 0.253 e. The number of alkyl halides is 1. The van der Waals surface area contributed by atoms with Crippen molar-refractivity contribution in [2.75, 3.05) is 25.3 Å². The predicted octanol–water partition coefficient (Wildman–Crippen LogP) is 2.26. The molecule has 0 bridgehead atoms. The number of benzene rings is 1. The maximum absolute atomic E-state index is 11.8. The summed E-state index contributed by atoms with van der Waals surface area (Å²) in [7, 11) is 3.38. The molecule has 0 saturated heterocycles. The van der Waals surface area contributed by atoms with E-state index >= 15 is 0 Å². The lowest BCUT2D eigenvalue weighted by molar-refractivity contribution is -0.115. The van der Waals surface area contributed by atoms with Crippen LogP contribution in [0.3, 0.4) is 0 Å². The lowest BCUT2D eigenvalue weighted by Gasteiger charge is -2.13. The number of carbonyl (C=O) groups is 2. The third-order valence-electron chi connectivity index (χ3n) is 2.49. The largest absolute Gasteiger partial charge is 0.345 e. The van der Waals surface area contributed by atoms with Crippen molar-refractivity contribution < 1.29 is 9.59 Å². The first-order valence-corrected chi connectivity index (χ1v) is 6.17. The minimum atomic E-state index is -0.150. The molecule has 0 atom stereocenters. The molecule has 0 spiro atoms. The lowest BCUT2D eigenvalue weighted by atomic mass is 10.1. The summed E-state index contributed by atoms with van der Waals surface area (Å²) in [4.78, 5) is 24.8. The molecule has 0 aliphatic carbocycles. The van der Waals surface area contributed by atoms with E-state index in [0.29, 0.717) is 11.3 Å². The Hall–Kier alpha value is -1.55. The Morgan fingerprint density at radius 2 is 2.00 bits per heavy atom. The van der Waals surface area contributed by atoms with Crippen molar-refractivity contribution in [1.29, 1.82) is 0 Å². The molecule has 0 aliphatic heterocycles. The normalized spacial score (nSPS) is 10.0. The number of carbonyl (C=O) groups excluding carboxylic acids is 2. The van der Waals surface area contributed by atoms with E-state index in [4.69, 9.17) is 11.6 Å². The van der Waals surface area contributed by atoms with E-state index in [1.54, 1.807) is 26.2 Å². The number of nitrogens with one attached hydrogen (secondary N) is 1. The number of halogens is 1. The van der Waals surface area contributed by atoms with Crippen LogP contribution in [0.5, 0.6) is 0 Å². The maximum atomic E-state index is 11.8. The molecule has 0 radical (unpaired) electrons. The maximum Gasteiger partial charge on any atom is 0.253 e. The third-order valence-corrected chi connectivity index (χ3v) is 2.68. The molecule has 18 heavy (non-hydrogen) atoms. The predicted molar refractivity (Wildman–Crippen MR) is 73.2 cm³/mol. The topological polar surface area (TPSA) is 49.4 Å². The summed E-state index contributed by atoms with van der Waals surface area (Å²) in [6.45, 7) is 1.88. The van der Waals surface area contributed by atoms with Crippen molar-refractivity contribution in [3.05, 3.63) is 29.3 Å². The summed E-state index contributed by atoms with van der Waals surface area (Å²) < 4.78 is 0. The van der Waals surface area contributed by atoms with Crippen LogP contribution in [0.25, 0.3) is 0 Å². The van der Waals surface area contributed by atoms with Crippen LogP contribution in [0.2, 0.25) is 0 Å². The van der Waals surface area contributed by atoms with E-state index in [2.05, 4.69) is 5.32 Å². The van der Waals surface area contributed by atoms with Crippen molar-refractivity contribution in [2.45, 2.75) is 13.3 Å². The molecule has 1 aromatic rings. The first-order chi connectivity index (χ1) is 8.45. The van der Waals surface area contributed by atoms with Gasteiger partial charge in [0.15, 0.2) is 0 Å². The second kappa shape index (κ2) is 6.40. The highest BCUT2D eigenvalue weighted by Gasteiger charge is 2.11. The van der Waals surface area contributed by atoms with Gasteiger partial charge in [0.1, 0.15) is 0 Å². The fourth-order valence-corrected chi connectivity index (χ4v) is 1.62. The Bertz CT molecular complexity index is 458. The number of nitrogens with zero attached hydrogens (tertiary/aromatic N) is 1. The minimum Gasteiger partial charge on any atom is -0.345 e. The first kappa shape index (κ1) is 14.5. The molecular formula is C13H17ClN2O2. The molecular weight excluding hydrogens is 252 g/mol. The molecule has 0 heterocycles. The van der Waals surface area contributed by atoms with E-state index in [-0.39, 0.29) is 24.1 Å². The van der Waals surface area contributed by atoms with Gasteiger partial charge in [0.25, 0.3) is 5.91 Å². The molecule has 5 heteroatoms. The zero-order chi connectivity index (χ0) is 13.7. The number of anilines is 1. The van der Waals surface area contributed by atoms with Gasteiger partial charge in [-0.3, -0.25) is 9.59 Å². The van der Waals surface area contributed by atoms with Gasteiger partial charge in [0.2, 0.25) is 5.91 Å². The molecule has 98 valence electrons. The fourth-order valence-electron chi connectivity index (χ4n) is 1.45. The van der Waals surface area contributed by atoms with E-state index in [1.165, 1.54) is 4.90 Å². The average Bonchev–Trinajstić information content (AvgIpc) is 2.31. The van der Waals surface area contributed by atoms with Gasteiger partial charge in [-0.1, -0.05) is 6.07 Å². The molecule has 0 aromatic heterocycles. The monoisotopic (exact) mass is 268 g/mol. The molecule has 0 fully saturated rings. The van der Waals surface area contributed by atoms with Crippen LogP contribution in [-0.2, 0) is 4.79 Å². The Kier molecular flexibility index (Phi) is 5.16. The Morgan fingerprint density at radius 1 is 1.33 bits per heavy atom. The lowest BCUT2D eigenvalue weighted by Crippen LogP contribution is -2.22. The molecule has 0 saturated carbocycles. The SMILES string of the molecule is Cc1ccc(C(=O)N(C)C)cc1NC(=O)CCCl. The van der Waals surface area contributed by atoms with Crippen molar-refractivity contribution in [2.24, 2.45) is 0 Å². The van der Waals surface area contributed by atoms with Gasteiger partial charge >= 0.3 is 0 Å². The Morgan fingerprint density at radius 3 is 2.56 bits per heavy atom. The van der Waals surface area contributed by atoms with E-state index < -0.39 is 0 Å². The van der Waals surface area contributed by atoms with Gasteiger partial charge in [0, 0.05) is 37.6 Å². The molecule has 4 nitrogen and oxygen atoms in total. The van der Waals surface area contributed by atoms with E-state index in [1.807, 2.05) is 13.0 Å². The molecule has 0 unspecified atom stereocenters. The van der Waals surface area contributed by atoms with Crippen molar-refractivity contribution >= 4 is 29.1 Å². The summed E-state index contributed by atoms with van der Waals surface area (Å²) in [6, 6.07) is 5.24. The molecule has 0 aliphatic rings. The van der Waals surface area contributed by atoms with Crippen LogP contribution in [0.15, 0.2) is 18.2 Å². The standard InChI is InChI=1S/C13H17ClN2O2/c1-9-4-5-10(13(18)16(2)3)8-11(9)15-12(17)6-7-14/h4-5,8H,6-7H2,1-3H3,(H,15,17). The summed E-state index contributed by atoms with van der Waals surface area (Å²) >= 11 is 5.50. The molecule has 1 aromatic carbocycles. The van der Waals surface area contributed by atoms with Crippen LogP contribution in [0, 0.1) is 6.92 Å². The summed E-state index contributed by atoms with van der Waals surface area (Å²) in [5, 5.41) is 2.75. The highest BCUT2D eigenvalue weighted by atomic mass is 35.5. The highest BCUT2D eigenvalue weighted by Crippen LogP contribution is 2.18. The van der Waals surface area contributed by atoms with Crippen LogP contribution >= 0.6 is 11.6 Å². The molecule has 1 N–H and O–H groups in total. The van der Waals surface area contributed by atoms with Gasteiger partial charge in [-0.25, -0.2) is 0 Å². The zero-order valence-electron chi connectivity index (χ0n) is 10.8. The highest BCUT2D eigenvalue weighted by molar-refractivity contribution is 6.19. The zero-order valence-corrected chi connectivity index (χ0v) is 11.5. The number of hydrogen-bond acceptors (Lipinski definition) is 2. The first-order valence-electron chi connectivity index (χ1n) is 5.64. The molecule has 2 amide bonds. The van der Waals surface area contributed by atoms with Gasteiger partial charge in [-0.2, -0.15) is 0 Å². The quantitative estimate of drug-likeness (QED) is 0.852. The van der Waals surface area contributed by atoms with Gasteiger partial charge in [-0.15, -0.1) is 11.6 Å². The van der Waals surface area contributed by atoms with Crippen molar-refractivity contribution in [3.63, 3.8) is 0 Å².